The zero-order valence-electron chi connectivity index (χ0n) is 13.3. The summed E-state index contributed by atoms with van der Waals surface area (Å²) in [6, 6.07) is 19.6. The van der Waals surface area contributed by atoms with E-state index in [1.54, 1.807) is 36.4 Å². The lowest BCUT2D eigenvalue weighted by Crippen LogP contribution is -2.19. The Labute approximate surface area is 149 Å². The summed E-state index contributed by atoms with van der Waals surface area (Å²) in [6.07, 6.45) is 0. The third-order valence-corrected chi connectivity index (χ3v) is 3.97. The summed E-state index contributed by atoms with van der Waals surface area (Å²) in [5, 5.41) is 2.26. The average molecular weight is 355 g/mol. The average Bonchev–Trinajstić information content (AvgIpc) is 2.66. The molecule has 25 heavy (non-hydrogen) atoms. The van der Waals surface area contributed by atoms with Crippen molar-refractivity contribution in [2.75, 3.05) is 13.2 Å². The molecule has 0 fully saturated rings. The molecule has 0 heterocycles. The summed E-state index contributed by atoms with van der Waals surface area (Å²) < 4.78 is 10.5. The van der Waals surface area contributed by atoms with Crippen molar-refractivity contribution in [3.63, 3.8) is 0 Å². The second-order valence-corrected chi connectivity index (χ2v) is 5.74. The molecule has 3 rings (SSSR count). The van der Waals surface area contributed by atoms with Gasteiger partial charge in [0.05, 0.1) is 0 Å². The molecule has 126 valence electrons. The number of fused-ring (bicyclic) bond motifs is 1. The number of benzene rings is 3. The summed E-state index contributed by atoms with van der Waals surface area (Å²) in [5.74, 6) is -0.333. The maximum atomic E-state index is 11.9. The minimum absolute atomic E-state index is 0.258. The van der Waals surface area contributed by atoms with Gasteiger partial charge < -0.3 is 9.47 Å². The van der Waals surface area contributed by atoms with Crippen LogP contribution < -0.4 is 4.74 Å². The van der Waals surface area contributed by atoms with Gasteiger partial charge >= 0.3 is 5.97 Å². The van der Waals surface area contributed by atoms with Gasteiger partial charge in [0.25, 0.3) is 0 Å². The van der Waals surface area contributed by atoms with Gasteiger partial charge in [0.1, 0.15) is 5.75 Å². The Morgan fingerprint density at radius 1 is 0.800 bits per heavy atom. The second-order valence-electron chi connectivity index (χ2n) is 5.33. The van der Waals surface area contributed by atoms with Gasteiger partial charge in [-0.3, -0.25) is 4.79 Å². The van der Waals surface area contributed by atoms with Crippen LogP contribution in [-0.4, -0.2) is 25.0 Å². The molecule has 0 radical (unpaired) electrons. The van der Waals surface area contributed by atoms with Crippen molar-refractivity contribution in [2.45, 2.75) is 0 Å². The number of halogens is 1. The molecule has 0 atom stereocenters. The van der Waals surface area contributed by atoms with Crippen molar-refractivity contribution < 1.29 is 19.1 Å². The lowest BCUT2D eigenvalue weighted by molar-refractivity contribution is -0.144. The fourth-order valence-electron chi connectivity index (χ4n) is 2.39. The normalized spacial score (nSPS) is 10.4. The fraction of sp³-hybridized carbons (Fsp3) is 0.100. The summed E-state index contributed by atoms with van der Waals surface area (Å²) in [4.78, 5) is 23.7. The number of esters is 1. The Morgan fingerprint density at radius 2 is 1.48 bits per heavy atom. The minimum Gasteiger partial charge on any atom is -0.481 e. The highest BCUT2D eigenvalue weighted by molar-refractivity contribution is 6.35. The highest BCUT2D eigenvalue weighted by Gasteiger charge is 2.11. The number of Topliss-reactive ketones (excluding diaryl/α,β-unsaturated/α-hetero) is 1. The van der Waals surface area contributed by atoms with Crippen LogP contribution >= 0.6 is 11.6 Å². The minimum atomic E-state index is -0.608. The van der Waals surface area contributed by atoms with Crippen LogP contribution in [0.15, 0.2) is 66.7 Å². The topological polar surface area (TPSA) is 52.6 Å². The van der Waals surface area contributed by atoms with Gasteiger partial charge in [-0.2, -0.15) is 0 Å². The number of carbonyl (C=O) groups is 2. The number of carbonyl (C=O) groups excluding carboxylic acids is 2. The molecule has 0 N–H and O–H groups in total. The van der Waals surface area contributed by atoms with Crippen molar-refractivity contribution in [1.82, 2.24) is 0 Å². The van der Waals surface area contributed by atoms with Crippen molar-refractivity contribution in [3.05, 3.63) is 77.3 Å². The van der Waals surface area contributed by atoms with E-state index < -0.39 is 5.97 Å². The molecule has 0 aliphatic heterocycles. The number of hydrogen-bond acceptors (Lipinski definition) is 4. The summed E-state index contributed by atoms with van der Waals surface area (Å²) in [6.45, 7) is -0.596. The molecule has 0 aliphatic carbocycles. The zero-order chi connectivity index (χ0) is 17.6. The molecule has 0 amide bonds. The largest absolute Gasteiger partial charge is 0.481 e. The standard InChI is InChI=1S/C20H15ClO4/c21-17-10-11-19(16-9-5-4-8-15(16)17)24-13-20(23)25-12-18(22)14-6-2-1-3-7-14/h1-11H,12-13H2. The first kappa shape index (κ1) is 17.0. The number of ketones is 1. The molecule has 0 aromatic heterocycles. The molecule has 4 nitrogen and oxygen atoms in total. The van der Waals surface area contributed by atoms with Crippen molar-refractivity contribution >= 4 is 34.1 Å². The highest BCUT2D eigenvalue weighted by atomic mass is 35.5. The van der Waals surface area contributed by atoms with Gasteiger partial charge in [0, 0.05) is 21.4 Å². The Morgan fingerprint density at radius 3 is 2.24 bits per heavy atom. The van der Waals surface area contributed by atoms with Crippen LogP contribution in [-0.2, 0) is 9.53 Å². The van der Waals surface area contributed by atoms with Crippen LogP contribution in [0.5, 0.6) is 5.75 Å². The summed E-state index contributed by atoms with van der Waals surface area (Å²) >= 11 is 6.15. The van der Waals surface area contributed by atoms with E-state index in [-0.39, 0.29) is 19.0 Å². The second kappa shape index (κ2) is 7.81. The van der Waals surface area contributed by atoms with Crippen LogP contribution in [0.25, 0.3) is 10.8 Å². The molecule has 0 saturated carbocycles. The van der Waals surface area contributed by atoms with Gasteiger partial charge in [-0.1, -0.05) is 66.2 Å². The van der Waals surface area contributed by atoms with E-state index in [1.165, 1.54) is 0 Å². The first-order valence-electron chi connectivity index (χ1n) is 7.69. The van der Waals surface area contributed by atoms with Crippen molar-refractivity contribution in [2.24, 2.45) is 0 Å². The molecule has 0 aliphatic rings. The summed E-state index contributed by atoms with van der Waals surface area (Å²) in [7, 11) is 0. The molecule has 0 spiro atoms. The smallest absolute Gasteiger partial charge is 0.344 e. The number of ether oxygens (including phenoxy) is 2. The predicted octanol–water partition coefficient (Wildman–Crippen LogP) is 4.30. The molecule has 0 saturated heterocycles. The Kier molecular flexibility index (Phi) is 5.31. The van der Waals surface area contributed by atoms with E-state index in [0.717, 1.165) is 10.8 Å². The van der Waals surface area contributed by atoms with E-state index >= 15 is 0 Å². The SMILES string of the molecule is O=C(COc1ccc(Cl)c2ccccc12)OCC(=O)c1ccccc1. The van der Waals surface area contributed by atoms with Gasteiger partial charge in [0.15, 0.2) is 19.0 Å². The molecule has 3 aromatic carbocycles. The quantitative estimate of drug-likeness (QED) is 0.489. The first-order chi connectivity index (χ1) is 12.1. The zero-order valence-corrected chi connectivity index (χ0v) is 14.0. The Bertz CT molecular complexity index is 906. The van der Waals surface area contributed by atoms with Crippen LogP contribution in [0.2, 0.25) is 5.02 Å². The molecule has 0 unspecified atom stereocenters. The van der Waals surface area contributed by atoms with Gasteiger partial charge in [0.2, 0.25) is 0 Å². The lowest BCUT2D eigenvalue weighted by Gasteiger charge is -2.10. The molecule has 0 bridgehead atoms. The number of rotatable bonds is 6. The maximum absolute atomic E-state index is 11.9. The van der Waals surface area contributed by atoms with Crippen LogP contribution in [0.4, 0.5) is 0 Å². The van der Waals surface area contributed by atoms with E-state index in [0.29, 0.717) is 16.3 Å². The summed E-state index contributed by atoms with van der Waals surface area (Å²) in [5.41, 5.74) is 0.500. The predicted molar refractivity (Wildman–Crippen MR) is 96.2 cm³/mol. The van der Waals surface area contributed by atoms with Gasteiger partial charge in [-0.25, -0.2) is 4.79 Å². The van der Waals surface area contributed by atoms with Gasteiger partial charge in [-0.15, -0.1) is 0 Å². The van der Waals surface area contributed by atoms with Crippen molar-refractivity contribution in [1.29, 1.82) is 0 Å². The highest BCUT2D eigenvalue weighted by Crippen LogP contribution is 2.31. The monoisotopic (exact) mass is 354 g/mol. The third-order valence-electron chi connectivity index (χ3n) is 3.64. The van der Waals surface area contributed by atoms with E-state index in [9.17, 15) is 9.59 Å². The lowest BCUT2D eigenvalue weighted by atomic mass is 10.1. The fourth-order valence-corrected chi connectivity index (χ4v) is 2.62. The van der Waals surface area contributed by atoms with Gasteiger partial charge in [-0.05, 0) is 12.1 Å². The maximum Gasteiger partial charge on any atom is 0.344 e. The number of hydrogen-bond donors (Lipinski definition) is 0. The van der Waals surface area contributed by atoms with Crippen molar-refractivity contribution in [3.8, 4) is 5.75 Å². The molecular weight excluding hydrogens is 340 g/mol. The van der Waals surface area contributed by atoms with E-state index in [2.05, 4.69) is 0 Å². The Hall–Kier alpha value is -2.85. The van der Waals surface area contributed by atoms with Crippen LogP contribution in [0.3, 0.4) is 0 Å². The van der Waals surface area contributed by atoms with E-state index in [1.807, 2.05) is 30.3 Å². The third kappa shape index (κ3) is 4.17. The Balaban J connectivity index is 1.58. The van der Waals surface area contributed by atoms with Crippen LogP contribution in [0.1, 0.15) is 10.4 Å². The molecule has 5 heteroatoms. The van der Waals surface area contributed by atoms with E-state index in [4.69, 9.17) is 21.1 Å². The first-order valence-corrected chi connectivity index (χ1v) is 8.07. The molecule has 3 aromatic rings. The van der Waals surface area contributed by atoms with Crippen LogP contribution in [0, 0.1) is 0 Å². The molecular formula is C20H15ClO4.